The molecule has 1 saturated heterocycles. The average Bonchev–Trinajstić information content (AvgIpc) is 2.73. The predicted octanol–water partition coefficient (Wildman–Crippen LogP) is 2.59. The number of aryl methyl sites for hydroxylation is 1. The van der Waals surface area contributed by atoms with E-state index in [9.17, 15) is 4.79 Å². The summed E-state index contributed by atoms with van der Waals surface area (Å²) in [5.41, 5.74) is 3.83. The zero-order valence-electron chi connectivity index (χ0n) is 15.8. The fourth-order valence-electron chi connectivity index (χ4n) is 4.26. The van der Waals surface area contributed by atoms with Crippen LogP contribution in [0.2, 0.25) is 0 Å². The molecule has 1 N–H and O–H groups in total. The zero-order chi connectivity index (χ0) is 18.5. The van der Waals surface area contributed by atoms with Crippen LogP contribution in [0.5, 0.6) is 0 Å². The van der Waals surface area contributed by atoms with Crippen LogP contribution in [0.15, 0.2) is 48.8 Å². The van der Waals surface area contributed by atoms with Crippen molar-refractivity contribution < 1.29 is 4.79 Å². The highest BCUT2D eigenvalue weighted by Crippen LogP contribution is 2.25. The molecule has 1 unspecified atom stereocenters. The molecule has 1 fully saturated rings. The smallest absolute Gasteiger partial charge is 0.225 e. The average molecular weight is 364 g/mol. The van der Waals surface area contributed by atoms with Crippen molar-refractivity contribution in [2.75, 3.05) is 38.0 Å². The van der Waals surface area contributed by atoms with Gasteiger partial charge in [-0.05, 0) is 42.5 Å². The summed E-state index contributed by atoms with van der Waals surface area (Å²) in [4.78, 5) is 21.2. The van der Waals surface area contributed by atoms with Crippen LogP contribution in [0, 0.1) is 0 Å². The first-order chi connectivity index (χ1) is 13.3. The van der Waals surface area contributed by atoms with Crippen LogP contribution in [0.3, 0.4) is 0 Å². The molecule has 0 radical (unpaired) electrons. The van der Waals surface area contributed by atoms with Crippen LogP contribution in [0.1, 0.15) is 24.0 Å². The van der Waals surface area contributed by atoms with Crippen LogP contribution in [0.4, 0.5) is 5.69 Å². The molecule has 1 atom stereocenters. The number of nitrogens with zero attached hydrogens (tertiary/aromatic N) is 3. The Kier molecular flexibility index (Phi) is 5.80. The second-order valence-electron chi connectivity index (χ2n) is 7.58. The van der Waals surface area contributed by atoms with Gasteiger partial charge in [0.2, 0.25) is 5.91 Å². The van der Waals surface area contributed by atoms with Crippen molar-refractivity contribution in [1.29, 1.82) is 0 Å². The number of carbonyl (C=O) groups excluding carboxylic acids is 1. The molecule has 1 aromatic heterocycles. The number of piperazine rings is 1. The Bertz CT molecular complexity index is 756. The normalized spacial score (nSPS) is 20.8. The van der Waals surface area contributed by atoms with Crippen LogP contribution in [-0.4, -0.2) is 59.5 Å². The molecule has 1 aliphatic heterocycles. The summed E-state index contributed by atoms with van der Waals surface area (Å²) in [6.45, 7) is 5.15. The summed E-state index contributed by atoms with van der Waals surface area (Å²) >= 11 is 0. The topological polar surface area (TPSA) is 48.5 Å². The first-order valence-corrected chi connectivity index (χ1v) is 10.0. The number of fused-ring (bicyclic) bond motifs is 1. The second kappa shape index (κ2) is 8.63. The summed E-state index contributed by atoms with van der Waals surface area (Å²) in [7, 11) is 0. The second-order valence-corrected chi connectivity index (χ2v) is 7.58. The molecule has 0 saturated carbocycles. The molecular formula is C22H28N4O. The molecule has 4 rings (SSSR count). The molecule has 1 aromatic carbocycles. The summed E-state index contributed by atoms with van der Waals surface area (Å²) < 4.78 is 0. The lowest BCUT2D eigenvalue weighted by atomic mass is 9.87. The maximum atomic E-state index is 12.1. The molecule has 142 valence electrons. The van der Waals surface area contributed by atoms with E-state index in [1.165, 1.54) is 30.4 Å². The van der Waals surface area contributed by atoms with Crippen molar-refractivity contribution >= 4 is 11.6 Å². The third-order valence-electron chi connectivity index (χ3n) is 5.84. The van der Waals surface area contributed by atoms with Crippen molar-refractivity contribution in [3.8, 4) is 0 Å². The Morgan fingerprint density at radius 2 is 1.89 bits per heavy atom. The highest BCUT2D eigenvalue weighted by atomic mass is 16.1. The van der Waals surface area contributed by atoms with Crippen molar-refractivity contribution in [1.82, 2.24) is 14.8 Å². The highest BCUT2D eigenvalue weighted by Gasteiger charge is 2.27. The number of benzene rings is 1. The SMILES string of the molecule is O=C(CCN1CCN(C2CCc3ccccc3C2)CC1)Nc1cccnc1. The van der Waals surface area contributed by atoms with Gasteiger partial charge in [-0.1, -0.05) is 24.3 Å². The molecule has 2 aromatic rings. The fraction of sp³-hybridized carbons (Fsp3) is 0.455. The van der Waals surface area contributed by atoms with Crippen LogP contribution >= 0.6 is 0 Å². The van der Waals surface area contributed by atoms with Gasteiger partial charge >= 0.3 is 0 Å². The monoisotopic (exact) mass is 364 g/mol. The Labute approximate surface area is 161 Å². The Balaban J connectivity index is 1.20. The number of aromatic nitrogens is 1. The molecule has 2 heterocycles. The first-order valence-electron chi connectivity index (χ1n) is 10.0. The molecule has 2 aliphatic rings. The van der Waals surface area contributed by atoms with Crippen molar-refractivity contribution in [3.63, 3.8) is 0 Å². The lowest BCUT2D eigenvalue weighted by Crippen LogP contribution is -2.52. The summed E-state index contributed by atoms with van der Waals surface area (Å²) in [6, 6.07) is 13.3. The van der Waals surface area contributed by atoms with Gasteiger partial charge in [0, 0.05) is 51.4 Å². The Morgan fingerprint density at radius 1 is 1.07 bits per heavy atom. The lowest BCUT2D eigenvalue weighted by Gasteiger charge is -2.41. The van der Waals surface area contributed by atoms with E-state index >= 15 is 0 Å². The van der Waals surface area contributed by atoms with Gasteiger partial charge < -0.3 is 10.2 Å². The molecule has 27 heavy (non-hydrogen) atoms. The van der Waals surface area contributed by atoms with Gasteiger partial charge in [-0.3, -0.25) is 14.7 Å². The number of hydrogen-bond donors (Lipinski definition) is 1. The van der Waals surface area contributed by atoms with E-state index in [1.807, 2.05) is 12.1 Å². The van der Waals surface area contributed by atoms with Crippen LogP contribution in [0.25, 0.3) is 0 Å². The maximum Gasteiger partial charge on any atom is 0.225 e. The molecule has 0 spiro atoms. The highest BCUT2D eigenvalue weighted by molar-refractivity contribution is 5.90. The van der Waals surface area contributed by atoms with Crippen molar-refractivity contribution in [2.45, 2.75) is 31.7 Å². The quantitative estimate of drug-likeness (QED) is 0.886. The summed E-state index contributed by atoms with van der Waals surface area (Å²) in [5, 5.41) is 2.91. The van der Waals surface area contributed by atoms with Gasteiger partial charge in [0.15, 0.2) is 0 Å². The molecule has 5 nitrogen and oxygen atoms in total. The zero-order valence-corrected chi connectivity index (χ0v) is 15.8. The van der Waals surface area contributed by atoms with Crippen molar-refractivity contribution in [2.24, 2.45) is 0 Å². The number of carbonyl (C=O) groups is 1. The predicted molar refractivity (Wildman–Crippen MR) is 108 cm³/mol. The fourth-order valence-corrected chi connectivity index (χ4v) is 4.26. The van der Waals surface area contributed by atoms with Gasteiger partial charge in [-0.15, -0.1) is 0 Å². The minimum atomic E-state index is 0.0642. The van der Waals surface area contributed by atoms with Crippen LogP contribution < -0.4 is 5.32 Å². The van der Waals surface area contributed by atoms with E-state index in [-0.39, 0.29) is 5.91 Å². The molecule has 5 heteroatoms. The van der Waals surface area contributed by atoms with E-state index in [0.29, 0.717) is 12.5 Å². The van der Waals surface area contributed by atoms with E-state index in [0.717, 1.165) is 38.4 Å². The lowest BCUT2D eigenvalue weighted by molar-refractivity contribution is -0.116. The van der Waals surface area contributed by atoms with E-state index in [1.54, 1.807) is 12.4 Å². The number of anilines is 1. The number of amides is 1. The number of hydrogen-bond acceptors (Lipinski definition) is 4. The third-order valence-corrected chi connectivity index (χ3v) is 5.84. The van der Waals surface area contributed by atoms with Gasteiger partial charge in [-0.25, -0.2) is 0 Å². The number of nitrogens with one attached hydrogen (secondary N) is 1. The van der Waals surface area contributed by atoms with Gasteiger partial charge in [-0.2, -0.15) is 0 Å². The number of rotatable bonds is 5. The van der Waals surface area contributed by atoms with Gasteiger partial charge in [0.1, 0.15) is 0 Å². The third kappa shape index (κ3) is 4.73. The van der Waals surface area contributed by atoms with Crippen LogP contribution in [-0.2, 0) is 17.6 Å². The Morgan fingerprint density at radius 3 is 2.67 bits per heavy atom. The first kappa shape index (κ1) is 18.1. The maximum absolute atomic E-state index is 12.1. The molecular weight excluding hydrogens is 336 g/mol. The standard InChI is InChI=1S/C22H28N4O/c27-22(24-20-6-3-10-23-17-20)9-11-25-12-14-26(15-13-25)21-8-7-18-4-1-2-5-19(18)16-21/h1-6,10,17,21H,7-9,11-16H2,(H,24,27). The van der Waals surface area contributed by atoms with Gasteiger partial charge in [0.25, 0.3) is 0 Å². The van der Waals surface area contributed by atoms with Gasteiger partial charge in [0.05, 0.1) is 11.9 Å². The Hall–Kier alpha value is -2.24. The van der Waals surface area contributed by atoms with Crippen molar-refractivity contribution in [3.05, 3.63) is 59.9 Å². The summed E-state index contributed by atoms with van der Waals surface area (Å²) in [5.74, 6) is 0.0642. The largest absolute Gasteiger partial charge is 0.325 e. The molecule has 1 amide bonds. The van der Waals surface area contributed by atoms with E-state index in [2.05, 4.69) is 44.4 Å². The molecule has 1 aliphatic carbocycles. The summed E-state index contributed by atoms with van der Waals surface area (Å²) in [6.07, 6.45) is 7.58. The minimum absolute atomic E-state index is 0.0642. The number of pyridine rings is 1. The van der Waals surface area contributed by atoms with E-state index in [4.69, 9.17) is 0 Å². The minimum Gasteiger partial charge on any atom is -0.325 e. The molecule has 0 bridgehead atoms. The van der Waals surface area contributed by atoms with E-state index < -0.39 is 0 Å².